The van der Waals surface area contributed by atoms with Gasteiger partial charge in [-0.15, -0.1) is 0 Å². The predicted molar refractivity (Wildman–Crippen MR) is 74.6 cm³/mol. The summed E-state index contributed by atoms with van der Waals surface area (Å²) in [6, 6.07) is 7.70. The van der Waals surface area contributed by atoms with E-state index in [1.54, 1.807) is 6.07 Å². The molecule has 0 unspecified atom stereocenters. The van der Waals surface area contributed by atoms with E-state index < -0.39 is 5.97 Å². The number of hydrogen-bond donors (Lipinski definition) is 1. The molecular weight excluding hydrogens is 294 g/mol. The average Bonchev–Trinajstić information content (AvgIpc) is 2.58. The van der Waals surface area contributed by atoms with Crippen molar-refractivity contribution in [2.75, 3.05) is 0 Å². The van der Waals surface area contributed by atoms with Gasteiger partial charge in [0.2, 0.25) is 0 Å². The van der Waals surface area contributed by atoms with Crippen LogP contribution in [0.4, 0.5) is 0 Å². The van der Waals surface area contributed by atoms with Crippen molar-refractivity contribution in [1.82, 2.24) is 4.57 Å². The Hall–Kier alpha value is -1.55. The maximum Gasteiger partial charge on any atom is 0.337 e. The summed E-state index contributed by atoms with van der Waals surface area (Å²) in [5.41, 5.74) is 4.14. The predicted octanol–water partition coefficient (Wildman–Crippen LogP) is 3.86. The molecule has 94 valence electrons. The summed E-state index contributed by atoms with van der Waals surface area (Å²) in [4.78, 5) is 11.1. The number of halogens is 1. The molecule has 1 N–H and O–H groups in total. The van der Waals surface area contributed by atoms with Crippen molar-refractivity contribution in [3.8, 4) is 5.69 Å². The number of benzene rings is 1. The van der Waals surface area contributed by atoms with E-state index in [2.05, 4.69) is 15.9 Å². The van der Waals surface area contributed by atoms with Gasteiger partial charge in [-0.1, -0.05) is 22.0 Å². The van der Waals surface area contributed by atoms with E-state index >= 15 is 0 Å². The van der Waals surface area contributed by atoms with Crippen molar-refractivity contribution in [1.29, 1.82) is 0 Å². The standard InChI is InChI=1S/C14H14BrNO2/c1-8-4-5-11(15)7-13(8)16-9(2)6-12(10(16)3)14(17)18/h4-7H,1-3H3,(H,17,18). The van der Waals surface area contributed by atoms with E-state index in [-0.39, 0.29) is 0 Å². The highest BCUT2D eigenvalue weighted by Gasteiger charge is 2.16. The smallest absolute Gasteiger partial charge is 0.337 e. The molecule has 0 radical (unpaired) electrons. The van der Waals surface area contributed by atoms with Crippen molar-refractivity contribution in [2.24, 2.45) is 0 Å². The zero-order valence-corrected chi connectivity index (χ0v) is 12.1. The van der Waals surface area contributed by atoms with Gasteiger partial charge < -0.3 is 9.67 Å². The molecule has 0 fully saturated rings. The number of carboxylic acids is 1. The highest BCUT2D eigenvalue weighted by molar-refractivity contribution is 9.10. The van der Waals surface area contributed by atoms with Gasteiger partial charge in [0, 0.05) is 21.5 Å². The van der Waals surface area contributed by atoms with Crippen molar-refractivity contribution in [2.45, 2.75) is 20.8 Å². The molecule has 1 aromatic carbocycles. The molecule has 0 aliphatic carbocycles. The third kappa shape index (κ3) is 2.08. The largest absolute Gasteiger partial charge is 0.478 e. The lowest BCUT2D eigenvalue weighted by Gasteiger charge is -2.13. The van der Waals surface area contributed by atoms with E-state index in [0.29, 0.717) is 5.56 Å². The van der Waals surface area contributed by atoms with E-state index in [1.807, 2.05) is 43.5 Å². The van der Waals surface area contributed by atoms with Crippen LogP contribution in [0.15, 0.2) is 28.7 Å². The highest BCUT2D eigenvalue weighted by Crippen LogP contribution is 2.25. The number of aryl methyl sites for hydroxylation is 2. The van der Waals surface area contributed by atoms with Crippen LogP contribution in [0.5, 0.6) is 0 Å². The fourth-order valence-corrected chi connectivity index (χ4v) is 2.52. The molecule has 0 bridgehead atoms. The Labute approximate surface area is 114 Å². The van der Waals surface area contributed by atoms with Gasteiger partial charge in [0.25, 0.3) is 0 Å². The summed E-state index contributed by atoms with van der Waals surface area (Å²) in [5, 5.41) is 9.15. The summed E-state index contributed by atoms with van der Waals surface area (Å²) in [7, 11) is 0. The second-order valence-corrected chi connectivity index (χ2v) is 5.27. The van der Waals surface area contributed by atoms with Crippen LogP contribution in [-0.2, 0) is 0 Å². The minimum Gasteiger partial charge on any atom is -0.478 e. The van der Waals surface area contributed by atoms with Gasteiger partial charge in [-0.05, 0) is 44.5 Å². The van der Waals surface area contributed by atoms with Gasteiger partial charge >= 0.3 is 5.97 Å². The number of nitrogens with zero attached hydrogens (tertiary/aromatic N) is 1. The van der Waals surface area contributed by atoms with Gasteiger partial charge in [-0.25, -0.2) is 4.79 Å². The molecule has 3 nitrogen and oxygen atoms in total. The van der Waals surface area contributed by atoms with E-state index in [1.165, 1.54) is 0 Å². The number of aromatic nitrogens is 1. The molecule has 0 spiro atoms. The van der Waals surface area contributed by atoms with E-state index in [0.717, 1.165) is 27.1 Å². The second kappa shape index (κ2) is 4.61. The van der Waals surface area contributed by atoms with Gasteiger partial charge in [-0.2, -0.15) is 0 Å². The molecule has 2 aromatic rings. The number of carbonyl (C=O) groups is 1. The Morgan fingerprint density at radius 1 is 1.22 bits per heavy atom. The molecule has 1 heterocycles. The van der Waals surface area contributed by atoms with Gasteiger partial charge in [0.05, 0.1) is 5.56 Å². The van der Waals surface area contributed by atoms with Crippen molar-refractivity contribution < 1.29 is 9.90 Å². The van der Waals surface area contributed by atoms with Gasteiger partial charge in [0.1, 0.15) is 0 Å². The minimum atomic E-state index is -0.887. The maximum atomic E-state index is 11.1. The first-order valence-electron chi connectivity index (χ1n) is 5.60. The fourth-order valence-electron chi connectivity index (χ4n) is 2.17. The third-order valence-corrected chi connectivity index (χ3v) is 3.57. The zero-order chi connectivity index (χ0) is 13.4. The molecule has 4 heteroatoms. The third-order valence-electron chi connectivity index (χ3n) is 3.07. The summed E-state index contributed by atoms with van der Waals surface area (Å²) in [6.45, 7) is 5.76. The monoisotopic (exact) mass is 307 g/mol. The Bertz CT molecular complexity index is 629. The number of aromatic carboxylic acids is 1. The van der Waals surface area contributed by atoms with Gasteiger partial charge in [0.15, 0.2) is 0 Å². The van der Waals surface area contributed by atoms with Gasteiger partial charge in [-0.3, -0.25) is 0 Å². The first-order chi connectivity index (χ1) is 8.41. The summed E-state index contributed by atoms with van der Waals surface area (Å²) in [6.07, 6.45) is 0. The van der Waals surface area contributed by atoms with Crippen molar-refractivity contribution >= 4 is 21.9 Å². The number of rotatable bonds is 2. The molecule has 18 heavy (non-hydrogen) atoms. The van der Waals surface area contributed by atoms with Crippen LogP contribution in [0.1, 0.15) is 27.3 Å². The van der Waals surface area contributed by atoms with Crippen molar-refractivity contribution in [3.63, 3.8) is 0 Å². The SMILES string of the molecule is Cc1ccc(Br)cc1-n1c(C)cc(C(=O)O)c1C. The van der Waals surface area contributed by atoms with Crippen LogP contribution in [0, 0.1) is 20.8 Å². The lowest BCUT2D eigenvalue weighted by atomic mass is 10.2. The topological polar surface area (TPSA) is 42.2 Å². The molecule has 0 aliphatic heterocycles. The first kappa shape index (κ1) is 12.9. The molecular formula is C14H14BrNO2. The van der Waals surface area contributed by atoms with Crippen LogP contribution < -0.4 is 0 Å². The van der Waals surface area contributed by atoms with Crippen LogP contribution in [0.2, 0.25) is 0 Å². The number of hydrogen-bond acceptors (Lipinski definition) is 1. The number of carboxylic acid groups (broad SMARTS) is 1. The zero-order valence-electron chi connectivity index (χ0n) is 10.5. The molecule has 1 aromatic heterocycles. The molecule has 0 atom stereocenters. The quantitative estimate of drug-likeness (QED) is 0.915. The van der Waals surface area contributed by atoms with Crippen LogP contribution in [0.3, 0.4) is 0 Å². The minimum absolute atomic E-state index is 0.354. The summed E-state index contributed by atoms with van der Waals surface area (Å²) in [5.74, 6) is -0.887. The van der Waals surface area contributed by atoms with Crippen LogP contribution >= 0.6 is 15.9 Å². The second-order valence-electron chi connectivity index (χ2n) is 4.36. The Morgan fingerprint density at radius 2 is 1.89 bits per heavy atom. The normalized spacial score (nSPS) is 10.7. The average molecular weight is 308 g/mol. The Morgan fingerprint density at radius 3 is 2.44 bits per heavy atom. The summed E-state index contributed by atoms with van der Waals surface area (Å²) < 4.78 is 2.95. The molecule has 0 saturated heterocycles. The summed E-state index contributed by atoms with van der Waals surface area (Å²) >= 11 is 3.45. The Kier molecular flexibility index (Phi) is 3.30. The molecule has 0 aliphatic rings. The lowest BCUT2D eigenvalue weighted by molar-refractivity contribution is 0.0696. The molecule has 0 amide bonds. The Balaban J connectivity index is 2.71. The molecule has 0 saturated carbocycles. The van der Waals surface area contributed by atoms with Crippen LogP contribution in [0.25, 0.3) is 5.69 Å². The fraction of sp³-hybridized carbons (Fsp3) is 0.214. The lowest BCUT2D eigenvalue weighted by Crippen LogP contribution is -2.04. The first-order valence-corrected chi connectivity index (χ1v) is 6.40. The van der Waals surface area contributed by atoms with E-state index in [9.17, 15) is 4.79 Å². The maximum absolute atomic E-state index is 11.1. The van der Waals surface area contributed by atoms with Crippen LogP contribution in [-0.4, -0.2) is 15.6 Å². The highest BCUT2D eigenvalue weighted by atomic mass is 79.9. The van der Waals surface area contributed by atoms with E-state index in [4.69, 9.17) is 5.11 Å². The molecule has 2 rings (SSSR count). The van der Waals surface area contributed by atoms with Crippen molar-refractivity contribution in [3.05, 3.63) is 51.3 Å².